The average Bonchev–Trinajstić information content (AvgIpc) is 2.14. The Morgan fingerprint density at radius 3 is 2.43 bits per heavy atom. The van der Waals surface area contributed by atoms with Crippen molar-refractivity contribution in [2.45, 2.75) is 19.8 Å². The molecule has 0 bridgehead atoms. The van der Waals surface area contributed by atoms with Crippen LogP contribution in [0.25, 0.3) is 0 Å². The summed E-state index contributed by atoms with van der Waals surface area (Å²) in [5, 5.41) is 2.88. The molecule has 0 unspecified atom stereocenters. The van der Waals surface area contributed by atoms with Gasteiger partial charge >= 0.3 is 0 Å². The maximum atomic E-state index is 11.5. The van der Waals surface area contributed by atoms with E-state index in [0.29, 0.717) is 19.6 Å². The summed E-state index contributed by atoms with van der Waals surface area (Å²) in [6.45, 7) is 3.68. The van der Waals surface area contributed by atoms with E-state index in [1.165, 1.54) is 4.31 Å². The number of unbranched alkanes of at least 4 members (excludes halogenated alkanes) is 1. The minimum Gasteiger partial charge on any atom is -0.318 e. The fraction of sp³-hybridized carbons (Fsp3) is 1.00. The molecule has 0 aromatic carbocycles. The molecule has 0 amide bonds. The van der Waals surface area contributed by atoms with Gasteiger partial charge in [-0.1, -0.05) is 13.3 Å². The van der Waals surface area contributed by atoms with Gasteiger partial charge in [-0.2, -0.15) is 12.7 Å². The maximum absolute atomic E-state index is 11.5. The second-order valence-electron chi connectivity index (χ2n) is 3.18. The fourth-order valence-corrected chi connectivity index (χ4v) is 1.87. The van der Waals surface area contributed by atoms with Crippen molar-refractivity contribution in [3.05, 3.63) is 0 Å². The Balaban J connectivity index is 3.91. The zero-order valence-corrected chi connectivity index (χ0v) is 10.0. The first-order valence-electron chi connectivity index (χ1n) is 4.90. The smallest absolute Gasteiger partial charge is 0.279 e. The Labute approximate surface area is 87.0 Å². The van der Waals surface area contributed by atoms with Gasteiger partial charge in [0.05, 0.1) is 0 Å². The van der Waals surface area contributed by atoms with Crippen molar-refractivity contribution in [2.75, 3.05) is 33.7 Å². The first kappa shape index (κ1) is 13.8. The van der Waals surface area contributed by atoms with Crippen molar-refractivity contribution < 1.29 is 8.42 Å². The highest BCUT2D eigenvalue weighted by molar-refractivity contribution is 7.87. The number of nitrogens with zero attached hydrogens (tertiary/aromatic N) is 1. The molecule has 0 radical (unpaired) electrons. The lowest BCUT2D eigenvalue weighted by Gasteiger charge is -2.17. The minimum atomic E-state index is -3.26. The topological polar surface area (TPSA) is 61.4 Å². The number of rotatable bonds is 8. The van der Waals surface area contributed by atoms with Crippen LogP contribution in [0, 0.1) is 0 Å². The average molecular weight is 223 g/mol. The van der Waals surface area contributed by atoms with Crippen LogP contribution in [0.2, 0.25) is 0 Å². The number of nitrogens with one attached hydrogen (secondary N) is 2. The van der Waals surface area contributed by atoms with E-state index in [1.54, 1.807) is 14.1 Å². The van der Waals surface area contributed by atoms with E-state index in [1.807, 2.05) is 6.92 Å². The Hall–Kier alpha value is -0.170. The van der Waals surface area contributed by atoms with Gasteiger partial charge in [-0.15, -0.1) is 0 Å². The van der Waals surface area contributed by atoms with Crippen LogP contribution in [0.3, 0.4) is 0 Å². The molecule has 0 spiro atoms. The normalized spacial score (nSPS) is 12.3. The van der Waals surface area contributed by atoms with Crippen molar-refractivity contribution >= 4 is 10.2 Å². The van der Waals surface area contributed by atoms with Gasteiger partial charge in [-0.3, -0.25) is 0 Å². The second kappa shape index (κ2) is 7.17. The summed E-state index contributed by atoms with van der Waals surface area (Å²) < 4.78 is 26.9. The zero-order chi connectivity index (χ0) is 11.0. The number of hydrogen-bond donors (Lipinski definition) is 2. The van der Waals surface area contributed by atoms with E-state index < -0.39 is 10.2 Å². The summed E-state index contributed by atoms with van der Waals surface area (Å²) in [4.78, 5) is 0. The third-order valence-corrected chi connectivity index (χ3v) is 3.47. The molecule has 0 aromatic rings. The van der Waals surface area contributed by atoms with Gasteiger partial charge in [-0.05, 0) is 13.5 Å². The summed E-state index contributed by atoms with van der Waals surface area (Å²) in [6.07, 6.45) is 1.89. The van der Waals surface area contributed by atoms with Gasteiger partial charge in [0.15, 0.2) is 0 Å². The van der Waals surface area contributed by atoms with Gasteiger partial charge < -0.3 is 5.32 Å². The summed E-state index contributed by atoms with van der Waals surface area (Å²) >= 11 is 0. The molecule has 0 aliphatic heterocycles. The van der Waals surface area contributed by atoms with E-state index in [-0.39, 0.29) is 0 Å². The lowest BCUT2D eigenvalue weighted by molar-refractivity contribution is 0.448. The summed E-state index contributed by atoms with van der Waals surface area (Å²) in [7, 11) is 0.120. The Morgan fingerprint density at radius 1 is 1.29 bits per heavy atom. The predicted octanol–water partition coefficient (Wildman–Crippen LogP) is -0.228. The standard InChI is InChI=1S/C8H21N3O2S/c1-4-5-8-11(3)14(12,13)10-7-6-9-2/h9-10H,4-8H2,1-3H3. The Bertz CT molecular complexity index is 229. The lowest BCUT2D eigenvalue weighted by Crippen LogP contribution is -2.41. The van der Waals surface area contributed by atoms with E-state index in [9.17, 15) is 8.42 Å². The third-order valence-electron chi connectivity index (χ3n) is 1.90. The fourth-order valence-electron chi connectivity index (χ4n) is 0.916. The molecule has 6 heteroatoms. The molecule has 14 heavy (non-hydrogen) atoms. The molecule has 2 N–H and O–H groups in total. The largest absolute Gasteiger partial charge is 0.318 e. The van der Waals surface area contributed by atoms with Crippen LogP contribution in [0.4, 0.5) is 0 Å². The maximum Gasteiger partial charge on any atom is 0.279 e. The molecular formula is C8H21N3O2S. The lowest BCUT2D eigenvalue weighted by atomic mass is 10.3. The first-order valence-corrected chi connectivity index (χ1v) is 6.34. The SMILES string of the molecule is CCCCN(C)S(=O)(=O)NCCNC. The molecule has 0 aliphatic carbocycles. The number of hydrogen-bond acceptors (Lipinski definition) is 3. The van der Waals surface area contributed by atoms with Gasteiger partial charge in [0.25, 0.3) is 10.2 Å². The molecule has 86 valence electrons. The van der Waals surface area contributed by atoms with E-state index in [4.69, 9.17) is 0 Å². The van der Waals surface area contributed by atoms with E-state index in [0.717, 1.165) is 12.8 Å². The summed E-state index contributed by atoms with van der Waals surface area (Å²) in [6, 6.07) is 0. The van der Waals surface area contributed by atoms with Crippen LogP contribution in [0.15, 0.2) is 0 Å². The molecule has 0 aliphatic rings. The Kier molecular flexibility index (Phi) is 7.08. The second-order valence-corrected chi connectivity index (χ2v) is 5.04. The van der Waals surface area contributed by atoms with Crippen molar-refractivity contribution in [2.24, 2.45) is 0 Å². The molecule has 5 nitrogen and oxygen atoms in total. The van der Waals surface area contributed by atoms with Gasteiger partial charge in [-0.25, -0.2) is 4.72 Å². The van der Waals surface area contributed by atoms with Crippen LogP contribution < -0.4 is 10.0 Å². The third kappa shape index (κ3) is 5.54. The molecular weight excluding hydrogens is 202 g/mol. The molecule has 0 saturated carbocycles. The molecule has 0 heterocycles. The molecule has 0 atom stereocenters. The van der Waals surface area contributed by atoms with Crippen LogP contribution in [0.1, 0.15) is 19.8 Å². The monoisotopic (exact) mass is 223 g/mol. The first-order chi connectivity index (χ1) is 6.54. The van der Waals surface area contributed by atoms with Crippen LogP contribution >= 0.6 is 0 Å². The summed E-state index contributed by atoms with van der Waals surface area (Å²) in [5.41, 5.74) is 0. The van der Waals surface area contributed by atoms with Crippen LogP contribution in [-0.2, 0) is 10.2 Å². The number of likely N-dealkylation sites (N-methyl/N-ethyl adjacent to an activating group) is 1. The molecule has 0 saturated heterocycles. The van der Waals surface area contributed by atoms with Crippen LogP contribution in [0.5, 0.6) is 0 Å². The van der Waals surface area contributed by atoms with E-state index in [2.05, 4.69) is 10.0 Å². The van der Waals surface area contributed by atoms with Gasteiger partial charge in [0.1, 0.15) is 0 Å². The van der Waals surface area contributed by atoms with Gasteiger partial charge in [0.2, 0.25) is 0 Å². The quantitative estimate of drug-likeness (QED) is 0.559. The molecule has 0 rings (SSSR count). The molecule has 0 aromatic heterocycles. The van der Waals surface area contributed by atoms with Crippen LogP contribution in [-0.4, -0.2) is 46.5 Å². The highest BCUT2D eigenvalue weighted by Gasteiger charge is 2.15. The van der Waals surface area contributed by atoms with E-state index >= 15 is 0 Å². The Morgan fingerprint density at radius 2 is 1.93 bits per heavy atom. The van der Waals surface area contributed by atoms with Gasteiger partial charge in [0, 0.05) is 26.7 Å². The highest BCUT2D eigenvalue weighted by Crippen LogP contribution is 1.96. The minimum absolute atomic E-state index is 0.426. The summed E-state index contributed by atoms with van der Waals surface area (Å²) in [5.74, 6) is 0. The van der Waals surface area contributed by atoms with Crippen molar-refractivity contribution in [1.82, 2.24) is 14.3 Å². The van der Waals surface area contributed by atoms with Crippen molar-refractivity contribution in [3.63, 3.8) is 0 Å². The van der Waals surface area contributed by atoms with Crippen molar-refractivity contribution in [3.8, 4) is 0 Å². The highest BCUT2D eigenvalue weighted by atomic mass is 32.2. The zero-order valence-electron chi connectivity index (χ0n) is 9.21. The van der Waals surface area contributed by atoms with Crippen molar-refractivity contribution in [1.29, 1.82) is 0 Å². The molecule has 0 fully saturated rings. The predicted molar refractivity (Wildman–Crippen MR) is 58.4 cm³/mol.